The minimum absolute atomic E-state index is 0.320. The highest BCUT2D eigenvalue weighted by atomic mass is 16.4. The molecule has 0 bridgehead atoms. The summed E-state index contributed by atoms with van der Waals surface area (Å²) < 4.78 is 0. The van der Waals surface area contributed by atoms with Crippen LogP contribution in [-0.4, -0.2) is 22.8 Å². The second kappa shape index (κ2) is 17.3. The van der Waals surface area contributed by atoms with E-state index in [4.69, 9.17) is 15.0 Å². The molecule has 0 atom stereocenters. The molecule has 0 heterocycles. The summed E-state index contributed by atoms with van der Waals surface area (Å²) in [6.07, 6.45) is 15.4. The molecule has 0 amide bonds. The van der Waals surface area contributed by atoms with E-state index in [0.29, 0.717) is 6.61 Å². The minimum Gasteiger partial charge on any atom is -0.481 e. The van der Waals surface area contributed by atoms with Crippen LogP contribution < -0.4 is 0 Å². The van der Waals surface area contributed by atoms with Crippen molar-refractivity contribution in [3.63, 3.8) is 0 Å². The topological polar surface area (TPSA) is 57.5 Å². The van der Waals surface area contributed by atoms with Crippen molar-refractivity contribution in [3.05, 3.63) is 24.3 Å². The summed E-state index contributed by atoms with van der Waals surface area (Å²) in [5.74, 6) is -0.833. The Hall–Kier alpha value is -1.09. The van der Waals surface area contributed by atoms with Gasteiger partial charge in [0.05, 0.1) is 0 Å². The van der Waals surface area contributed by atoms with Crippen LogP contribution >= 0.6 is 0 Å². The number of hydrogen-bond donors (Lipinski definition) is 2. The molecule has 0 aromatic heterocycles. The second-order valence-electron chi connectivity index (χ2n) is 3.74. The summed E-state index contributed by atoms with van der Waals surface area (Å²) in [7, 11) is 0. The molecule has 0 saturated heterocycles. The lowest BCUT2D eigenvalue weighted by Gasteiger charge is -1.89. The van der Waals surface area contributed by atoms with Crippen molar-refractivity contribution >= 4 is 5.97 Å². The summed E-state index contributed by atoms with van der Waals surface area (Å²) in [5, 5.41) is 15.9. The van der Waals surface area contributed by atoms with Gasteiger partial charge in [0, 0.05) is 13.5 Å². The third kappa shape index (κ3) is 31.3. The molecule has 0 aromatic carbocycles. The van der Waals surface area contributed by atoms with E-state index >= 15 is 0 Å². The van der Waals surface area contributed by atoms with E-state index in [1.165, 1.54) is 19.3 Å². The molecule has 0 saturated carbocycles. The van der Waals surface area contributed by atoms with E-state index in [1.54, 1.807) is 0 Å². The number of aliphatic carboxylic acids is 1. The number of allylic oxidation sites excluding steroid dienone is 4. The van der Waals surface area contributed by atoms with E-state index < -0.39 is 5.97 Å². The van der Waals surface area contributed by atoms with Gasteiger partial charge in [-0.3, -0.25) is 4.79 Å². The third-order valence-corrected chi connectivity index (χ3v) is 1.89. The van der Waals surface area contributed by atoms with E-state index in [0.717, 1.165) is 26.2 Å². The normalized spacial score (nSPS) is 10.5. The highest BCUT2D eigenvalue weighted by Crippen LogP contribution is 1.97. The number of unbranched alkanes of at least 4 members (excludes halogenated alkanes) is 4. The average Bonchev–Trinajstić information content (AvgIpc) is 2.26. The van der Waals surface area contributed by atoms with Gasteiger partial charge in [-0.05, 0) is 25.7 Å². The highest BCUT2D eigenvalue weighted by molar-refractivity contribution is 5.62. The molecule has 0 aliphatic heterocycles. The van der Waals surface area contributed by atoms with Crippen molar-refractivity contribution in [2.24, 2.45) is 0 Å². The van der Waals surface area contributed by atoms with Crippen LogP contribution in [0.25, 0.3) is 0 Å². The second-order valence-corrected chi connectivity index (χ2v) is 3.74. The van der Waals surface area contributed by atoms with Crippen LogP contribution in [0.1, 0.15) is 52.4 Å². The van der Waals surface area contributed by atoms with Crippen LogP contribution in [0.4, 0.5) is 0 Å². The Morgan fingerprint density at radius 3 is 1.94 bits per heavy atom. The van der Waals surface area contributed by atoms with E-state index in [1.807, 2.05) is 0 Å². The Morgan fingerprint density at radius 1 is 1.06 bits per heavy atom. The van der Waals surface area contributed by atoms with Gasteiger partial charge in [-0.15, -0.1) is 0 Å². The number of carbonyl (C=O) groups is 1. The Kier molecular flexibility index (Phi) is 18.6. The molecule has 0 aliphatic carbocycles. The van der Waals surface area contributed by atoms with Gasteiger partial charge in [-0.25, -0.2) is 0 Å². The zero-order chi connectivity index (χ0) is 13.4. The minimum atomic E-state index is -0.833. The Bertz CT molecular complexity index is 204. The Morgan fingerprint density at radius 2 is 1.53 bits per heavy atom. The number of carboxylic acids is 1. The van der Waals surface area contributed by atoms with Gasteiger partial charge in [0.15, 0.2) is 0 Å². The molecule has 0 rings (SSSR count). The van der Waals surface area contributed by atoms with Crippen LogP contribution in [0, 0.1) is 0 Å². The van der Waals surface area contributed by atoms with E-state index in [-0.39, 0.29) is 0 Å². The predicted molar refractivity (Wildman–Crippen MR) is 72.1 cm³/mol. The van der Waals surface area contributed by atoms with Gasteiger partial charge >= 0.3 is 0 Å². The van der Waals surface area contributed by atoms with Gasteiger partial charge in [-0.2, -0.15) is 0 Å². The largest absolute Gasteiger partial charge is 0.481 e. The molecule has 3 nitrogen and oxygen atoms in total. The van der Waals surface area contributed by atoms with Crippen LogP contribution in [0.2, 0.25) is 0 Å². The number of rotatable bonds is 8. The SMILES string of the molecule is CC(=O)O.CCCC/C=C/C=C\CCCCO. The van der Waals surface area contributed by atoms with E-state index in [9.17, 15) is 0 Å². The lowest BCUT2D eigenvalue weighted by atomic mass is 10.2. The molecule has 0 spiro atoms. The van der Waals surface area contributed by atoms with E-state index in [2.05, 4.69) is 31.2 Å². The molecule has 0 unspecified atom stereocenters. The van der Waals surface area contributed by atoms with Crippen LogP contribution in [-0.2, 0) is 4.79 Å². The van der Waals surface area contributed by atoms with Crippen LogP contribution in [0.3, 0.4) is 0 Å². The van der Waals surface area contributed by atoms with Crippen molar-refractivity contribution in [1.82, 2.24) is 0 Å². The molecule has 17 heavy (non-hydrogen) atoms. The summed E-state index contributed by atoms with van der Waals surface area (Å²) in [5.41, 5.74) is 0. The maximum atomic E-state index is 9.00. The number of carboxylic acid groups (broad SMARTS) is 1. The van der Waals surface area contributed by atoms with Crippen molar-refractivity contribution in [1.29, 1.82) is 0 Å². The van der Waals surface area contributed by atoms with Crippen molar-refractivity contribution in [2.75, 3.05) is 6.61 Å². The van der Waals surface area contributed by atoms with Crippen molar-refractivity contribution in [3.8, 4) is 0 Å². The first-order valence-electron chi connectivity index (χ1n) is 6.27. The molecule has 0 fully saturated rings. The van der Waals surface area contributed by atoms with Crippen LogP contribution in [0.15, 0.2) is 24.3 Å². The Balaban J connectivity index is 0. The zero-order valence-corrected chi connectivity index (χ0v) is 11.1. The summed E-state index contributed by atoms with van der Waals surface area (Å²) in [6, 6.07) is 0. The molecule has 100 valence electrons. The summed E-state index contributed by atoms with van der Waals surface area (Å²) in [4.78, 5) is 9.00. The summed E-state index contributed by atoms with van der Waals surface area (Å²) in [6.45, 7) is 3.61. The fraction of sp³-hybridized carbons (Fsp3) is 0.643. The molecule has 2 N–H and O–H groups in total. The molecule has 3 heteroatoms. The standard InChI is InChI=1S/C12H22O.C2H4O2/c1-2-3-4-5-6-7-8-9-10-11-12-13;1-2(3)4/h5-8,13H,2-4,9-12H2,1H3;1H3,(H,3,4)/b6-5+,8-7-;. The average molecular weight is 242 g/mol. The van der Waals surface area contributed by atoms with Gasteiger partial charge in [0.2, 0.25) is 0 Å². The fourth-order valence-electron chi connectivity index (χ4n) is 1.05. The first kappa shape index (κ1) is 18.3. The lowest BCUT2D eigenvalue weighted by Crippen LogP contribution is -1.79. The molecule has 0 aliphatic rings. The van der Waals surface area contributed by atoms with Gasteiger partial charge in [0.1, 0.15) is 0 Å². The first-order chi connectivity index (χ1) is 8.15. The van der Waals surface area contributed by atoms with Crippen molar-refractivity contribution in [2.45, 2.75) is 52.4 Å². The third-order valence-electron chi connectivity index (χ3n) is 1.89. The van der Waals surface area contributed by atoms with Crippen molar-refractivity contribution < 1.29 is 15.0 Å². The lowest BCUT2D eigenvalue weighted by molar-refractivity contribution is -0.134. The number of hydrogen-bond acceptors (Lipinski definition) is 2. The monoisotopic (exact) mass is 242 g/mol. The van der Waals surface area contributed by atoms with Crippen LogP contribution in [0.5, 0.6) is 0 Å². The highest BCUT2D eigenvalue weighted by Gasteiger charge is 1.80. The molecule has 0 radical (unpaired) electrons. The Labute approximate surface area is 105 Å². The van der Waals surface area contributed by atoms with Gasteiger partial charge in [-0.1, -0.05) is 44.1 Å². The quantitative estimate of drug-likeness (QED) is 0.505. The maximum Gasteiger partial charge on any atom is 0.300 e. The molecule has 0 aromatic rings. The van der Waals surface area contributed by atoms with Gasteiger partial charge in [0.25, 0.3) is 5.97 Å². The molecular weight excluding hydrogens is 216 g/mol. The zero-order valence-electron chi connectivity index (χ0n) is 11.1. The fourth-order valence-corrected chi connectivity index (χ4v) is 1.05. The maximum absolute atomic E-state index is 9.00. The number of aliphatic hydroxyl groups is 1. The van der Waals surface area contributed by atoms with Gasteiger partial charge < -0.3 is 10.2 Å². The molecular formula is C14H26O3. The summed E-state index contributed by atoms with van der Waals surface area (Å²) >= 11 is 0. The smallest absolute Gasteiger partial charge is 0.300 e. The first-order valence-corrected chi connectivity index (χ1v) is 6.27. The number of aliphatic hydroxyl groups excluding tert-OH is 1. The predicted octanol–water partition coefficient (Wildman–Crippen LogP) is 3.54.